The van der Waals surface area contributed by atoms with Crippen molar-refractivity contribution in [3.63, 3.8) is 0 Å². The Kier molecular flexibility index (Phi) is 7.45. The third-order valence-corrected chi connectivity index (χ3v) is 6.17. The molecule has 0 aromatic heterocycles. The van der Waals surface area contributed by atoms with E-state index in [1.54, 1.807) is 0 Å². The molecule has 0 radical (unpaired) electrons. The van der Waals surface area contributed by atoms with Gasteiger partial charge in [0.2, 0.25) is 5.91 Å². The van der Waals surface area contributed by atoms with Crippen molar-refractivity contribution in [3.8, 4) is 0 Å². The van der Waals surface area contributed by atoms with Gasteiger partial charge in [-0.2, -0.15) is 0 Å². The first-order valence-corrected chi connectivity index (χ1v) is 11.5. The number of carbonyl (C=O) groups excluding carboxylic acids is 2. The Morgan fingerprint density at radius 2 is 1.60 bits per heavy atom. The first-order chi connectivity index (χ1) is 16.9. The highest BCUT2D eigenvalue weighted by atomic mass is 16.6. The third kappa shape index (κ3) is 6.06. The number of carbonyl (C=O) groups is 3. The van der Waals surface area contributed by atoms with E-state index in [0.717, 1.165) is 27.8 Å². The number of aryl methyl sites for hydroxylation is 1. The fourth-order valence-corrected chi connectivity index (χ4v) is 4.18. The summed E-state index contributed by atoms with van der Waals surface area (Å²) < 4.78 is 5.51. The van der Waals surface area contributed by atoms with Gasteiger partial charge in [0.05, 0.1) is 6.54 Å². The molecule has 0 bridgehead atoms. The Labute approximate surface area is 204 Å². The Morgan fingerprint density at radius 1 is 0.943 bits per heavy atom. The van der Waals surface area contributed by atoms with Gasteiger partial charge in [-0.3, -0.25) is 9.69 Å². The topological polar surface area (TPSA) is 95.9 Å². The second-order valence-electron chi connectivity index (χ2n) is 8.75. The molecular weight excluding hydrogens is 444 g/mol. The number of nitrogens with zero attached hydrogens (tertiary/aromatic N) is 1. The first-order valence-electron chi connectivity index (χ1n) is 11.5. The van der Waals surface area contributed by atoms with E-state index in [0.29, 0.717) is 0 Å². The number of fused-ring (bicyclic) bond motifs is 1. The van der Waals surface area contributed by atoms with Crippen molar-refractivity contribution < 1.29 is 24.2 Å². The lowest BCUT2D eigenvalue weighted by Gasteiger charge is -2.35. The van der Waals surface area contributed by atoms with Gasteiger partial charge in [0.15, 0.2) is 0 Å². The summed E-state index contributed by atoms with van der Waals surface area (Å²) in [5.74, 6) is -1.65. The van der Waals surface area contributed by atoms with E-state index in [1.165, 1.54) is 4.90 Å². The average molecular weight is 473 g/mol. The number of ether oxygens (including phenoxy) is 1. The molecular formula is C28H28N2O5. The van der Waals surface area contributed by atoms with Crippen molar-refractivity contribution in [1.29, 1.82) is 0 Å². The van der Waals surface area contributed by atoms with Crippen molar-refractivity contribution in [2.75, 3.05) is 0 Å². The van der Waals surface area contributed by atoms with Crippen LogP contribution in [0.5, 0.6) is 0 Å². The second kappa shape index (κ2) is 10.9. The first kappa shape index (κ1) is 24.0. The molecule has 2 amide bonds. The number of benzene rings is 3. The lowest BCUT2D eigenvalue weighted by molar-refractivity contribution is -0.142. The van der Waals surface area contributed by atoms with Gasteiger partial charge in [-0.15, -0.1) is 0 Å². The molecule has 0 aliphatic carbocycles. The number of amides is 2. The number of hydrogen-bond acceptors (Lipinski definition) is 4. The minimum Gasteiger partial charge on any atom is -0.480 e. The van der Waals surface area contributed by atoms with E-state index in [4.69, 9.17) is 4.74 Å². The van der Waals surface area contributed by atoms with E-state index >= 15 is 0 Å². The van der Waals surface area contributed by atoms with Gasteiger partial charge in [-0.05, 0) is 29.2 Å². The highest BCUT2D eigenvalue weighted by Gasteiger charge is 2.37. The molecule has 0 fully saturated rings. The van der Waals surface area contributed by atoms with Gasteiger partial charge in [-0.25, -0.2) is 9.59 Å². The normalized spacial score (nSPS) is 15.6. The summed E-state index contributed by atoms with van der Waals surface area (Å²) in [4.78, 5) is 39.7. The number of rotatable bonds is 7. The second-order valence-corrected chi connectivity index (χ2v) is 8.75. The molecule has 3 aromatic carbocycles. The lowest BCUT2D eigenvalue weighted by Crippen LogP contribution is -2.56. The van der Waals surface area contributed by atoms with Gasteiger partial charge in [-0.1, -0.05) is 84.4 Å². The minimum absolute atomic E-state index is 0.0807. The summed E-state index contributed by atoms with van der Waals surface area (Å²) in [6.45, 7) is 2.24. The largest absolute Gasteiger partial charge is 0.480 e. The van der Waals surface area contributed by atoms with Gasteiger partial charge in [0.25, 0.3) is 0 Å². The molecule has 4 rings (SSSR count). The summed E-state index contributed by atoms with van der Waals surface area (Å²) in [6.07, 6.45) is -0.198. The Bertz CT molecular complexity index is 1190. The van der Waals surface area contributed by atoms with E-state index in [9.17, 15) is 19.5 Å². The molecule has 0 saturated carbocycles. The predicted molar refractivity (Wildman–Crippen MR) is 131 cm³/mol. The van der Waals surface area contributed by atoms with E-state index in [1.807, 2.05) is 85.8 Å². The van der Waals surface area contributed by atoms with E-state index < -0.39 is 30.1 Å². The molecule has 1 aliphatic heterocycles. The van der Waals surface area contributed by atoms with Crippen LogP contribution in [0.4, 0.5) is 4.79 Å². The number of carboxylic acids is 1. The van der Waals surface area contributed by atoms with Crippen LogP contribution in [0.15, 0.2) is 78.9 Å². The zero-order valence-electron chi connectivity index (χ0n) is 19.5. The molecule has 1 aliphatic rings. The quantitative estimate of drug-likeness (QED) is 0.544. The lowest BCUT2D eigenvalue weighted by atomic mass is 9.93. The molecule has 0 saturated heterocycles. The van der Waals surface area contributed by atoms with Crippen molar-refractivity contribution in [2.24, 2.45) is 0 Å². The summed E-state index contributed by atoms with van der Waals surface area (Å²) in [5, 5.41) is 12.4. The summed E-state index contributed by atoms with van der Waals surface area (Å²) in [5.41, 5.74) is 4.59. The highest BCUT2D eigenvalue weighted by molar-refractivity contribution is 5.90. The van der Waals surface area contributed by atoms with Gasteiger partial charge in [0, 0.05) is 12.8 Å². The van der Waals surface area contributed by atoms with Crippen LogP contribution in [0.3, 0.4) is 0 Å². The monoisotopic (exact) mass is 472 g/mol. The molecule has 3 aromatic rings. The molecule has 7 nitrogen and oxygen atoms in total. The number of carboxylic acid groups (broad SMARTS) is 1. The summed E-state index contributed by atoms with van der Waals surface area (Å²) in [7, 11) is 0. The maximum atomic E-state index is 13.3. The smallest absolute Gasteiger partial charge is 0.411 e. The maximum Gasteiger partial charge on any atom is 0.411 e. The fraction of sp³-hybridized carbons (Fsp3) is 0.250. The minimum atomic E-state index is -1.13. The van der Waals surface area contributed by atoms with Crippen LogP contribution in [0.2, 0.25) is 0 Å². The zero-order valence-corrected chi connectivity index (χ0v) is 19.5. The summed E-state index contributed by atoms with van der Waals surface area (Å²) >= 11 is 0. The average Bonchev–Trinajstić information content (AvgIpc) is 2.87. The molecule has 1 heterocycles. The molecule has 0 unspecified atom stereocenters. The van der Waals surface area contributed by atoms with Crippen LogP contribution in [0, 0.1) is 6.92 Å². The van der Waals surface area contributed by atoms with Crippen molar-refractivity contribution in [3.05, 3.63) is 107 Å². The van der Waals surface area contributed by atoms with Gasteiger partial charge < -0.3 is 15.2 Å². The summed E-state index contributed by atoms with van der Waals surface area (Å²) in [6, 6.07) is 22.4. The van der Waals surface area contributed by atoms with Crippen LogP contribution >= 0.6 is 0 Å². The molecule has 7 heteroatoms. The van der Waals surface area contributed by atoms with Gasteiger partial charge >= 0.3 is 12.1 Å². The van der Waals surface area contributed by atoms with Crippen LogP contribution in [-0.2, 0) is 40.3 Å². The molecule has 35 heavy (non-hydrogen) atoms. The Morgan fingerprint density at radius 3 is 2.29 bits per heavy atom. The van der Waals surface area contributed by atoms with Crippen LogP contribution < -0.4 is 5.32 Å². The van der Waals surface area contributed by atoms with Crippen molar-refractivity contribution in [2.45, 2.75) is 45.0 Å². The number of nitrogens with one attached hydrogen (secondary N) is 1. The SMILES string of the molecule is Cc1ccc(C[C@@H](NC(=O)[C@@H]2Cc3ccccc3CN2C(=O)OCc2ccccc2)C(=O)O)cc1. The number of aliphatic carboxylic acids is 1. The van der Waals surface area contributed by atoms with E-state index in [-0.39, 0.29) is 26.0 Å². The highest BCUT2D eigenvalue weighted by Crippen LogP contribution is 2.25. The zero-order chi connectivity index (χ0) is 24.8. The van der Waals surface area contributed by atoms with Gasteiger partial charge in [0.1, 0.15) is 18.7 Å². The third-order valence-electron chi connectivity index (χ3n) is 6.17. The molecule has 180 valence electrons. The van der Waals surface area contributed by atoms with Crippen molar-refractivity contribution >= 4 is 18.0 Å². The standard InChI is InChI=1S/C28H28N2O5/c1-19-11-13-20(14-12-19)15-24(27(32)33)29-26(31)25-16-22-9-5-6-10-23(22)17-30(25)28(34)35-18-21-7-3-2-4-8-21/h2-14,24-25H,15-18H2,1H3,(H,29,31)(H,32,33)/t24-,25+/m1/s1. The number of hydrogen-bond donors (Lipinski definition) is 2. The van der Waals surface area contributed by atoms with Crippen LogP contribution in [-0.4, -0.2) is 40.1 Å². The molecule has 2 atom stereocenters. The maximum absolute atomic E-state index is 13.3. The fourth-order valence-electron chi connectivity index (χ4n) is 4.18. The van der Waals surface area contributed by atoms with Crippen molar-refractivity contribution in [1.82, 2.24) is 10.2 Å². The molecule has 0 spiro atoms. The molecule has 2 N–H and O–H groups in total. The van der Waals surface area contributed by atoms with Crippen LogP contribution in [0.25, 0.3) is 0 Å². The Hall–Kier alpha value is -4.13. The van der Waals surface area contributed by atoms with Crippen LogP contribution in [0.1, 0.15) is 27.8 Å². The predicted octanol–water partition coefficient (Wildman–Crippen LogP) is 3.87. The Balaban J connectivity index is 1.51. The van der Waals surface area contributed by atoms with E-state index in [2.05, 4.69) is 5.32 Å².